The predicted octanol–water partition coefficient (Wildman–Crippen LogP) is 2.57. The van der Waals surface area contributed by atoms with Gasteiger partial charge in [0.2, 0.25) is 0 Å². The fraction of sp³-hybridized carbons (Fsp3) is 0.333. The molecule has 129 valence electrons. The number of imide groups is 1. The van der Waals surface area contributed by atoms with E-state index in [9.17, 15) is 9.59 Å². The molecule has 6 nitrogen and oxygen atoms in total. The lowest BCUT2D eigenvalue weighted by atomic mass is 9.84. The first-order chi connectivity index (χ1) is 11.8. The standard InChI is InChI=1S/C18H20N3O3Si/c1-4-5-6-10-12(19)7-11-15-13(10)8(2)16(20)9(3)14(15)18(23)21(24-25)17(11)22/h7H,4-6,19-20H2,1-3H3. The van der Waals surface area contributed by atoms with Crippen LogP contribution in [0.2, 0.25) is 0 Å². The highest BCUT2D eigenvalue weighted by atomic mass is 28.2. The zero-order valence-corrected chi connectivity index (χ0v) is 15.5. The third-order valence-electron chi connectivity index (χ3n) is 4.96. The van der Waals surface area contributed by atoms with E-state index in [1.54, 1.807) is 13.0 Å². The van der Waals surface area contributed by atoms with Gasteiger partial charge < -0.3 is 16.0 Å². The lowest BCUT2D eigenvalue weighted by Crippen LogP contribution is -2.40. The molecular weight excluding hydrogens is 334 g/mol. The summed E-state index contributed by atoms with van der Waals surface area (Å²) in [5, 5.41) is 2.12. The number of benzene rings is 2. The molecule has 3 rings (SSSR count). The highest BCUT2D eigenvalue weighted by molar-refractivity contribution is 6.28. The zero-order chi connectivity index (χ0) is 18.5. The van der Waals surface area contributed by atoms with Gasteiger partial charge in [-0.2, -0.15) is 5.06 Å². The molecule has 4 N–H and O–H groups in total. The van der Waals surface area contributed by atoms with Crippen LogP contribution in [0.15, 0.2) is 6.07 Å². The number of nitrogens with two attached hydrogens (primary N) is 2. The minimum absolute atomic E-state index is 0.354. The van der Waals surface area contributed by atoms with Gasteiger partial charge in [-0.1, -0.05) is 13.3 Å². The first kappa shape index (κ1) is 17.4. The number of amides is 2. The lowest BCUT2D eigenvalue weighted by Gasteiger charge is -2.29. The Morgan fingerprint density at radius 3 is 2.40 bits per heavy atom. The molecule has 0 aliphatic carbocycles. The Kier molecular flexibility index (Phi) is 4.30. The van der Waals surface area contributed by atoms with Crippen molar-refractivity contribution in [2.75, 3.05) is 11.5 Å². The molecule has 0 atom stereocenters. The molecule has 25 heavy (non-hydrogen) atoms. The Hall–Kier alpha value is -2.38. The maximum absolute atomic E-state index is 12.8. The normalized spacial score (nSPS) is 13.8. The second-order valence-corrected chi connectivity index (χ2v) is 6.56. The second-order valence-electron chi connectivity index (χ2n) is 6.38. The molecule has 0 bridgehead atoms. The number of unbranched alkanes of at least 4 members (excludes halogenated alkanes) is 1. The summed E-state index contributed by atoms with van der Waals surface area (Å²) < 4.78 is 4.82. The van der Waals surface area contributed by atoms with E-state index in [4.69, 9.17) is 16.0 Å². The average Bonchev–Trinajstić information content (AvgIpc) is 2.58. The van der Waals surface area contributed by atoms with Crippen LogP contribution in [0, 0.1) is 13.8 Å². The van der Waals surface area contributed by atoms with Crippen LogP contribution >= 0.6 is 0 Å². The molecule has 2 amide bonds. The molecule has 0 fully saturated rings. The van der Waals surface area contributed by atoms with Crippen LogP contribution in [0.1, 0.15) is 57.2 Å². The summed E-state index contributed by atoms with van der Waals surface area (Å²) in [7, 11) is 2.79. The van der Waals surface area contributed by atoms with Crippen molar-refractivity contribution in [1.29, 1.82) is 0 Å². The number of hydrogen-bond acceptors (Lipinski definition) is 5. The minimum Gasteiger partial charge on any atom is -0.398 e. The van der Waals surface area contributed by atoms with Crippen molar-refractivity contribution in [3.8, 4) is 0 Å². The predicted molar refractivity (Wildman–Crippen MR) is 98.2 cm³/mol. The summed E-state index contributed by atoms with van der Waals surface area (Å²) in [6.45, 7) is 5.79. The third-order valence-corrected chi connectivity index (χ3v) is 5.14. The summed E-state index contributed by atoms with van der Waals surface area (Å²) >= 11 is 0. The number of nitrogen functional groups attached to an aromatic ring is 2. The van der Waals surface area contributed by atoms with E-state index < -0.39 is 11.8 Å². The number of anilines is 2. The lowest BCUT2D eigenvalue weighted by molar-refractivity contribution is -0.0147. The molecule has 0 unspecified atom stereocenters. The second kappa shape index (κ2) is 6.16. The van der Waals surface area contributed by atoms with Crippen LogP contribution < -0.4 is 11.5 Å². The van der Waals surface area contributed by atoms with E-state index >= 15 is 0 Å². The quantitative estimate of drug-likeness (QED) is 0.499. The Morgan fingerprint density at radius 2 is 1.80 bits per heavy atom. The monoisotopic (exact) mass is 354 g/mol. The maximum Gasteiger partial charge on any atom is 0.292 e. The van der Waals surface area contributed by atoms with Gasteiger partial charge >= 0.3 is 0 Å². The van der Waals surface area contributed by atoms with Crippen LogP contribution in [-0.4, -0.2) is 27.4 Å². The van der Waals surface area contributed by atoms with Crippen molar-refractivity contribution in [3.63, 3.8) is 0 Å². The van der Waals surface area contributed by atoms with Crippen LogP contribution in [0.25, 0.3) is 10.8 Å². The molecule has 3 radical (unpaired) electrons. The van der Waals surface area contributed by atoms with Gasteiger partial charge in [-0.05, 0) is 54.8 Å². The summed E-state index contributed by atoms with van der Waals surface area (Å²) in [4.78, 5) is 25.5. The van der Waals surface area contributed by atoms with E-state index in [0.29, 0.717) is 38.5 Å². The fourth-order valence-corrected chi connectivity index (χ4v) is 3.77. The number of hydrogen-bond donors (Lipinski definition) is 2. The van der Waals surface area contributed by atoms with E-state index in [0.717, 1.165) is 35.8 Å². The van der Waals surface area contributed by atoms with Gasteiger partial charge in [-0.25, -0.2) is 0 Å². The molecule has 1 aliphatic heterocycles. The zero-order valence-electron chi connectivity index (χ0n) is 14.5. The van der Waals surface area contributed by atoms with Crippen LogP contribution in [-0.2, 0) is 10.9 Å². The SMILES string of the molecule is CCCCc1c(N)cc2c3c(c(C)c(N)c(C)c13)C(=O)N(O[Si])C2=O. The van der Waals surface area contributed by atoms with E-state index in [-0.39, 0.29) is 0 Å². The number of nitrogens with zero attached hydrogens (tertiary/aromatic N) is 1. The van der Waals surface area contributed by atoms with Crippen molar-refractivity contribution >= 4 is 44.4 Å². The van der Waals surface area contributed by atoms with Gasteiger partial charge in [0.05, 0.1) is 11.1 Å². The highest BCUT2D eigenvalue weighted by Crippen LogP contribution is 2.42. The summed E-state index contributed by atoms with van der Waals surface area (Å²) in [5.74, 6) is -1.08. The number of aryl methyl sites for hydroxylation is 2. The molecule has 1 heterocycles. The Bertz CT molecular complexity index is 924. The van der Waals surface area contributed by atoms with Crippen molar-refractivity contribution in [3.05, 3.63) is 33.9 Å². The number of rotatable bonds is 4. The van der Waals surface area contributed by atoms with Gasteiger partial charge in [0, 0.05) is 16.8 Å². The van der Waals surface area contributed by atoms with E-state index in [2.05, 4.69) is 17.4 Å². The summed E-state index contributed by atoms with van der Waals surface area (Å²) in [6.07, 6.45) is 2.74. The summed E-state index contributed by atoms with van der Waals surface area (Å²) in [5.41, 5.74) is 16.8. The average molecular weight is 354 g/mol. The third kappa shape index (κ3) is 2.34. The number of hydroxylamine groups is 2. The van der Waals surface area contributed by atoms with Gasteiger partial charge in [0.1, 0.15) is 0 Å². The number of carbonyl (C=O) groups excluding carboxylic acids is 2. The molecule has 1 aliphatic rings. The number of carbonyl (C=O) groups is 2. The first-order valence-corrected chi connectivity index (χ1v) is 8.62. The van der Waals surface area contributed by atoms with E-state index in [1.807, 2.05) is 6.92 Å². The molecule has 7 heteroatoms. The molecule has 2 aromatic rings. The van der Waals surface area contributed by atoms with Gasteiger partial charge in [0.25, 0.3) is 22.3 Å². The topological polar surface area (TPSA) is 98.7 Å². The minimum atomic E-state index is -0.546. The van der Waals surface area contributed by atoms with Gasteiger partial charge in [0.15, 0.2) is 0 Å². The van der Waals surface area contributed by atoms with Crippen molar-refractivity contribution in [1.82, 2.24) is 5.06 Å². The van der Waals surface area contributed by atoms with Gasteiger partial charge in [-0.3, -0.25) is 9.59 Å². The molecule has 0 saturated carbocycles. The van der Waals surface area contributed by atoms with Gasteiger partial charge in [-0.15, -0.1) is 0 Å². The van der Waals surface area contributed by atoms with Crippen molar-refractivity contribution < 1.29 is 14.1 Å². The van der Waals surface area contributed by atoms with Crippen molar-refractivity contribution in [2.45, 2.75) is 40.0 Å². The molecule has 2 aromatic carbocycles. The van der Waals surface area contributed by atoms with E-state index in [1.165, 1.54) is 0 Å². The largest absolute Gasteiger partial charge is 0.398 e. The molecule has 0 aromatic heterocycles. The first-order valence-electron chi connectivity index (χ1n) is 8.21. The van der Waals surface area contributed by atoms with Crippen LogP contribution in [0.3, 0.4) is 0 Å². The molecule has 0 spiro atoms. The fourth-order valence-electron chi connectivity index (χ4n) is 3.60. The maximum atomic E-state index is 12.8. The molecular formula is C18H20N3O3Si. The van der Waals surface area contributed by atoms with Crippen LogP contribution in [0.5, 0.6) is 0 Å². The van der Waals surface area contributed by atoms with Crippen molar-refractivity contribution in [2.24, 2.45) is 0 Å². The summed E-state index contributed by atoms with van der Waals surface area (Å²) in [6, 6.07) is 1.64. The smallest absolute Gasteiger partial charge is 0.292 e. The Balaban J connectivity index is 2.51. The molecule has 0 saturated heterocycles. The van der Waals surface area contributed by atoms with Crippen LogP contribution in [0.4, 0.5) is 11.4 Å². The Labute approximate surface area is 149 Å². The highest BCUT2D eigenvalue weighted by Gasteiger charge is 2.37. The Morgan fingerprint density at radius 1 is 1.12 bits per heavy atom.